The van der Waals surface area contributed by atoms with Crippen LogP contribution in [0, 0.1) is 5.82 Å². The molecule has 1 aliphatic heterocycles. The number of hydrogen-bond donors (Lipinski definition) is 0. The largest absolute Gasteiger partial charge is 0.450 e. The van der Waals surface area contributed by atoms with Crippen molar-refractivity contribution in [1.29, 1.82) is 0 Å². The van der Waals surface area contributed by atoms with Gasteiger partial charge >= 0.3 is 6.09 Å². The Morgan fingerprint density at radius 3 is 2.44 bits per heavy atom. The van der Waals surface area contributed by atoms with Gasteiger partial charge in [0.15, 0.2) is 14.6 Å². The Bertz CT molecular complexity index is 1210. The third-order valence-electron chi connectivity index (χ3n) is 4.84. The molecule has 0 bridgehead atoms. The van der Waals surface area contributed by atoms with E-state index in [0.29, 0.717) is 10.2 Å². The van der Waals surface area contributed by atoms with Gasteiger partial charge in [-0.25, -0.2) is 17.6 Å². The minimum Gasteiger partial charge on any atom is -0.450 e. The highest BCUT2D eigenvalue weighted by Gasteiger charge is 2.28. The van der Waals surface area contributed by atoms with E-state index < -0.39 is 45.1 Å². The lowest BCUT2D eigenvalue weighted by Crippen LogP contribution is -2.52. The number of carbonyl (C=O) groups excluding carboxylic acids is 3. The minimum absolute atomic E-state index is 0.180. The molecule has 1 aromatic carbocycles. The summed E-state index contributed by atoms with van der Waals surface area (Å²) in [6.45, 7) is 2.77. The average molecular weight is 487 g/mol. The van der Waals surface area contributed by atoms with Crippen LogP contribution in [0.5, 0.6) is 0 Å². The standard InChI is InChI=1S/C19H23FN4O6S2/c1-3-30-19(27)24-8-6-23(7-9-24)17(26)12-32(28,29)11-16(25)21-18-22(2)14-5-4-13(20)10-15(14)31-18/h4-5,10H,3,6-9,11-12H2,1-2H3. The fraction of sp³-hybridized carbons (Fsp3) is 0.474. The van der Waals surface area contributed by atoms with Gasteiger partial charge in [0.25, 0.3) is 5.91 Å². The molecule has 0 saturated carbocycles. The number of hydrogen-bond acceptors (Lipinski definition) is 7. The predicted octanol–water partition coefficient (Wildman–Crippen LogP) is 0.522. The molecule has 0 unspecified atom stereocenters. The third-order valence-corrected chi connectivity index (χ3v) is 7.31. The molecule has 3 amide bonds. The molecule has 32 heavy (non-hydrogen) atoms. The Balaban J connectivity index is 1.61. The summed E-state index contributed by atoms with van der Waals surface area (Å²) in [5, 5.41) is 0. The van der Waals surface area contributed by atoms with Crippen molar-refractivity contribution in [2.75, 3.05) is 44.3 Å². The zero-order valence-electron chi connectivity index (χ0n) is 17.6. The summed E-state index contributed by atoms with van der Waals surface area (Å²) in [6, 6.07) is 4.13. The molecule has 13 heteroatoms. The van der Waals surface area contributed by atoms with Crippen molar-refractivity contribution in [3.8, 4) is 0 Å². The van der Waals surface area contributed by atoms with Crippen molar-refractivity contribution in [3.05, 3.63) is 28.8 Å². The zero-order chi connectivity index (χ0) is 23.5. The van der Waals surface area contributed by atoms with Crippen molar-refractivity contribution in [2.45, 2.75) is 6.92 Å². The number of piperazine rings is 1. The first kappa shape index (κ1) is 23.9. The fourth-order valence-corrected chi connectivity index (χ4v) is 5.39. The molecule has 2 aromatic rings. The van der Waals surface area contributed by atoms with Crippen LogP contribution in [-0.4, -0.2) is 85.0 Å². The van der Waals surface area contributed by atoms with Gasteiger partial charge in [0.05, 0.1) is 16.8 Å². The van der Waals surface area contributed by atoms with Gasteiger partial charge in [-0.15, -0.1) is 0 Å². The number of nitrogens with zero attached hydrogens (tertiary/aromatic N) is 4. The molecule has 0 spiro atoms. The maximum Gasteiger partial charge on any atom is 0.409 e. The molecule has 0 aliphatic carbocycles. The predicted molar refractivity (Wildman–Crippen MR) is 115 cm³/mol. The van der Waals surface area contributed by atoms with Crippen LogP contribution in [0.2, 0.25) is 0 Å². The highest BCUT2D eigenvalue weighted by molar-refractivity contribution is 7.92. The Morgan fingerprint density at radius 2 is 1.78 bits per heavy atom. The number of rotatable bonds is 5. The zero-order valence-corrected chi connectivity index (χ0v) is 19.2. The molecule has 1 saturated heterocycles. The van der Waals surface area contributed by atoms with Crippen LogP contribution in [-0.2, 0) is 31.2 Å². The monoisotopic (exact) mass is 486 g/mol. The first-order chi connectivity index (χ1) is 15.1. The molecule has 0 atom stereocenters. The van der Waals surface area contributed by atoms with E-state index in [4.69, 9.17) is 4.74 Å². The Morgan fingerprint density at radius 1 is 1.12 bits per heavy atom. The van der Waals surface area contributed by atoms with E-state index >= 15 is 0 Å². The van der Waals surface area contributed by atoms with Crippen molar-refractivity contribution in [3.63, 3.8) is 0 Å². The average Bonchev–Trinajstić information content (AvgIpc) is 3.01. The lowest BCUT2D eigenvalue weighted by atomic mass is 10.3. The number of fused-ring (bicyclic) bond motifs is 1. The van der Waals surface area contributed by atoms with Crippen molar-refractivity contribution >= 4 is 49.3 Å². The van der Waals surface area contributed by atoms with Crippen molar-refractivity contribution < 1.29 is 31.9 Å². The lowest BCUT2D eigenvalue weighted by Gasteiger charge is -2.34. The van der Waals surface area contributed by atoms with Crippen LogP contribution in [0.3, 0.4) is 0 Å². The highest BCUT2D eigenvalue weighted by Crippen LogP contribution is 2.17. The van der Waals surface area contributed by atoms with Gasteiger partial charge in [-0.2, -0.15) is 4.99 Å². The molecule has 1 fully saturated rings. The second-order valence-electron chi connectivity index (χ2n) is 7.16. The Hall–Kier alpha value is -2.80. The molecule has 1 aliphatic rings. The number of sulfone groups is 1. The molecule has 0 radical (unpaired) electrons. The molecule has 1 aromatic heterocycles. The second-order valence-corrected chi connectivity index (χ2v) is 10.2. The third kappa shape index (κ3) is 5.71. The summed E-state index contributed by atoms with van der Waals surface area (Å²) in [6.07, 6.45) is -0.475. The van der Waals surface area contributed by atoms with Gasteiger partial charge in [0.1, 0.15) is 17.3 Å². The number of benzene rings is 1. The number of thiazole rings is 1. The van der Waals surface area contributed by atoms with E-state index in [9.17, 15) is 27.2 Å². The van der Waals surface area contributed by atoms with E-state index in [1.54, 1.807) is 24.6 Å². The molecule has 10 nitrogen and oxygen atoms in total. The van der Waals surface area contributed by atoms with E-state index in [0.717, 1.165) is 11.3 Å². The maximum atomic E-state index is 13.4. The van der Waals surface area contributed by atoms with Gasteiger partial charge in [-0.05, 0) is 25.1 Å². The number of amides is 3. The number of halogens is 1. The Kier molecular flexibility index (Phi) is 7.29. The smallest absolute Gasteiger partial charge is 0.409 e. The molecule has 3 rings (SSSR count). The maximum absolute atomic E-state index is 13.4. The Labute approximate surface area is 187 Å². The normalized spacial score (nSPS) is 15.3. The van der Waals surface area contributed by atoms with Crippen LogP contribution in [0.25, 0.3) is 10.2 Å². The summed E-state index contributed by atoms with van der Waals surface area (Å²) in [5.41, 5.74) is 0.656. The molecular formula is C19H23FN4O6S2. The van der Waals surface area contributed by atoms with E-state index in [2.05, 4.69) is 4.99 Å². The first-order valence-electron chi connectivity index (χ1n) is 9.82. The van der Waals surface area contributed by atoms with Gasteiger partial charge in [0.2, 0.25) is 5.91 Å². The number of aryl methyl sites for hydroxylation is 1. The number of aromatic nitrogens is 1. The topological polar surface area (TPSA) is 118 Å². The molecule has 174 valence electrons. The SMILES string of the molecule is CCOC(=O)N1CCN(C(=O)CS(=O)(=O)CC(=O)N=c2sc3cc(F)ccc3n2C)CC1. The summed E-state index contributed by atoms with van der Waals surface area (Å²) < 4.78 is 45.2. The van der Waals surface area contributed by atoms with Crippen LogP contribution in [0.15, 0.2) is 23.2 Å². The van der Waals surface area contributed by atoms with Crippen molar-refractivity contribution in [2.24, 2.45) is 12.0 Å². The molecule has 0 N–H and O–H groups in total. The highest BCUT2D eigenvalue weighted by atomic mass is 32.2. The van der Waals surface area contributed by atoms with Crippen LogP contribution in [0.1, 0.15) is 6.92 Å². The molecular weight excluding hydrogens is 463 g/mol. The summed E-state index contributed by atoms with van der Waals surface area (Å²) in [7, 11) is -2.41. The molecule has 2 heterocycles. The van der Waals surface area contributed by atoms with Gasteiger partial charge in [-0.1, -0.05) is 11.3 Å². The van der Waals surface area contributed by atoms with Gasteiger partial charge in [0, 0.05) is 33.2 Å². The first-order valence-corrected chi connectivity index (χ1v) is 12.5. The fourth-order valence-electron chi connectivity index (χ4n) is 3.23. The van der Waals surface area contributed by atoms with Gasteiger partial charge < -0.3 is 19.1 Å². The summed E-state index contributed by atoms with van der Waals surface area (Å²) in [4.78, 5) is 43.2. The number of ether oxygens (including phenoxy) is 1. The summed E-state index contributed by atoms with van der Waals surface area (Å²) in [5.74, 6) is -3.71. The van der Waals surface area contributed by atoms with Gasteiger partial charge in [-0.3, -0.25) is 9.59 Å². The minimum atomic E-state index is -4.04. The van der Waals surface area contributed by atoms with E-state index in [-0.39, 0.29) is 37.6 Å². The summed E-state index contributed by atoms with van der Waals surface area (Å²) >= 11 is 1.06. The lowest BCUT2D eigenvalue weighted by molar-refractivity contribution is -0.130. The second kappa shape index (κ2) is 9.77. The van der Waals surface area contributed by atoms with E-state index in [1.807, 2.05) is 0 Å². The van der Waals surface area contributed by atoms with Crippen LogP contribution >= 0.6 is 11.3 Å². The number of carbonyl (C=O) groups is 3. The van der Waals surface area contributed by atoms with Crippen molar-refractivity contribution in [1.82, 2.24) is 14.4 Å². The van der Waals surface area contributed by atoms with Crippen LogP contribution in [0.4, 0.5) is 9.18 Å². The van der Waals surface area contributed by atoms with Crippen LogP contribution < -0.4 is 4.80 Å². The van der Waals surface area contributed by atoms with E-state index in [1.165, 1.54) is 21.9 Å². The quantitative estimate of drug-likeness (QED) is 0.608.